The topological polar surface area (TPSA) is 44.8 Å². The molecule has 25 heavy (non-hydrogen) atoms. The Hall–Kier alpha value is -2.37. The van der Waals surface area contributed by atoms with Crippen LogP contribution < -0.4 is 15.0 Å². The van der Waals surface area contributed by atoms with Crippen molar-refractivity contribution >= 4 is 11.6 Å². The SMILES string of the molecule is O=C1CC(N2CCNCC2)CN1c1ccc(Oc2ccccc2)cc1. The molecular weight excluding hydrogens is 314 g/mol. The molecule has 5 nitrogen and oxygen atoms in total. The number of hydrogen-bond acceptors (Lipinski definition) is 4. The van der Waals surface area contributed by atoms with E-state index in [0.717, 1.165) is 49.9 Å². The Balaban J connectivity index is 1.42. The van der Waals surface area contributed by atoms with E-state index in [1.54, 1.807) is 0 Å². The second-order valence-corrected chi connectivity index (χ2v) is 6.56. The molecule has 5 heteroatoms. The number of para-hydroxylation sites is 1. The van der Waals surface area contributed by atoms with Crippen LogP contribution in [0.25, 0.3) is 0 Å². The molecule has 2 aliphatic rings. The molecule has 2 heterocycles. The summed E-state index contributed by atoms with van der Waals surface area (Å²) in [7, 11) is 0. The minimum atomic E-state index is 0.209. The maximum atomic E-state index is 12.5. The van der Waals surface area contributed by atoms with Gasteiger partial charge in [-0.05, 0) is 36.4 Å². The normalized spacial score (nSPS) is 21.5. The predicted octanol–water partition coefficient (Wildman–Crippen LogP) is 2.49. The third-order valence-electron chi connectivity index (χ3n) is 4.90. The lowest BCUT2D eigenvalue weighted by atomic mass is 10.2. The van der Waals surface area contributed by atoms with E-state index in [0.29, 0.717) is 12.5 Å². The summed E-state index contributed by atoms with van der Waals surface area (Å²) in [5.74, 6) is 1.80. The fraction of sp³-hybridized carbons (Fsp3) is 0.350. The predicted molar refractivity (Wildman–Crippen MR) is 98.2 cm³/mol. The lowest BCUT2D eigenvalue weighted by Gasteiger charge is -2.32. The molecule has 4 rings (SSSR count). The van der Waals surface area contributed by atoms with Crippen molar-refractivity contribution in [2.24, 2.45) is 0 Å². The van der Waals surface area contributed by atoms with Gasteiger partial charge in [0.25, 0.3) is 0 Å². The van der Waals surface area contributed by atoms with Crippen LogP contribution in [0.1, 0.15) is 6.42 Å². The lowest BCUT2D eigenvalue weighted by molar-refractivity contribution is -0.117. The van der Waals surface area contributed by atoms with Gasteiger partial charge in [-0.1, -0.05) is 18.2 Å². The van der Waals surface area contributed by atoms with Gasteiger partial charge in [0, 0.05) is 50.9 Å². The number of anilines is 1. The van der Waals surface area contributed by atoms with Gasteiger partial charge in [0.2, 0.25) is 5.91 Å². The number of rotatable bonds is 4. The maximum Gasteiger partial charge on any atom is 0.228 e. The van der Waals surface area contributed by atoms with Gasteiger partial charge < -0.3 is 15.0 Å². The minimum absolute atomic E-state index is 0.209. The number of nitrogens with one attached hydrogen (secondary N) is 1. The molecule has 1 atom stereocenters. The number of hydrogen-bond donors (Lipinski definition) is 1. The van der Waals surface area contributed by atoms with Crippen molar-refractivity contribution in [3.63, 3.8) is 0 Å². The Bertz CT molecular complexity index is 711. The molecule has 1 amide bonds. The van der Waals surface area contributed by atoms with Gasteiger partial charge in [0.1, 0.15) is 11.5 Å². The monoisotopic (exact) mass is 337 g/mol. The van der Waals surface area contributed by atoms with Crippen LogP contribution in [0, 0.1) is 0 Å². The Labute approximate surface area is 148 Å². The zero-order chi connectivity index (χ0) is 17.1. The molecule has 2 aromatic rings. The van der Waals surface area contributed by atoms with Gasteiger partial charge in [-0.15, -0.1) is 0 Å². The fourth-order valence-corrected chi connectivity index (χ4v) is 3.55. The zero-order valence-electron chi connectivity index (χ0n) is 14.2. The molecule has 0 radical (unpaired) electrons. The number of ether oxygens (including phenoxy) is 1. The Morgan fingerprint density at radius 1 is 0.920 bits per heavy atom. The second-order valence-electron chi connectivity index (χ2n) is 6.56. The largest absolute Gasteiger partial charge is 0.457 e. The number of benzene rings is 2. The summed E-state index contributed by atoms with van der Waals surface area (Å²) in [6, 6.07) is 17.8. The first-order valence-electron chi connectivity index (χ1n) is 8.88. The van der Waals surface area contributed by atoms with E-state index in [1.165, 1.54) is 0 Å². The number of carbonyl (C=O) groups excluding carboxylic acids is 1. The van der Waals surface area contributed by atoms with Crippen molar-refractivity contribution in [3.05, 3.63) is 54.6 Å². The molecular formula is C20H23N3O2. The second kappa shape index (κ2) is 7.25. The van der Waals surface area contributed by atoms with Crippen molar-refractivity contribution in [3.8, 4) is 11.5 Å². The van der Waals surface area contributed by atoms with Gasteiger partial charge in [-0.25, -0.2) is 0 Å². The third kappa shape index (κ3) is 3.67. The summed E-state index contributed by atoms with van der Waals surface area (Å²) in [5.41, 5.74) is 0.947. The highest BCUT2D eigenvalue weighted by Gasteiger charge is 2.34. The molecule has 0 aliphatic carbocycles. The average molecular weight is 337 g/mol. The number of nitrogens with zero attached hydrogens (tertiary/aromatic N) is 2. The highest BCUT2D eigenvalue weighted by atomic mass is 16.5. The van der Waals surface area contributed by atoms with Crippen LogP contribution >= 0.6 is 0 Å². The lowest BCUT2D eigenvalue weighted by Crippen LogP contribution is -2.49. The first-order chi connectivity index (χ1) is 12.3. The van der Waals surface area contributed by atoms with E-state index in [4.69, 9.17) is 4.74 Å². The van der Waals surface area contributed by atoms with Gasteiger partial charge in [-0.3, -0.25) is 9.69 Å². The first-order valence-corrected chi connectivity index (χ1v) is 8.88. The standard InChI is InChI=1S/C20H23N3O2/c24-20-14-17(22-12-10-21-11-13-22)15-23(20)16-6-8-19(9-7-16)25-18-4-2-1-3-5-18/h1-9,17,21H,10-15H2. The summed E-state index contributed by atoms with van der Waals surface area (Å²) in [5, 5.41) is 3.36. The summed E-state index contributed by atoms with van der Waals surface area (Å²) in [4.78, 5) is 16.8. The Kier molecular flexibility index (Phi) is 4.68. The molecule has 2 fully saturated rings. The molecule has 130 valence electrons. The molecule has 1 unspecified atom stereocenters. The summed E-state index contributed by atoms with van der Waals surface area (Å²) < 4.78 is 5.82. The Morgan fingerprint density at radius 3 is 2.32 bits per heavy atom. The first kappa shape index (κ1) is 16.1. The molecule has 0 saturated carbocycles. The van der Waals surface area contributed by atoms with Gasteiger partial charge in [0.05, 0.1) is 0 Å². The molecule has 0 spiro atoms. The van der Waals surface area contributed by atoms with E-state index in [-0.39, 0.29) is 5.91 Å². The fourth-order valence-electron chi connectivity index (χ4n) is 3.55. The Morgan fingerprint density at radius 2 is 1.60 bits per heavy atom. The van der Waals surface area contributed by atoms with Gasteiger partial charge >= 0.3 is 0 Å². The highest BCUT2D eigenvalue weighted by molar-refractivity contribution is 5.96. The summed E-state index contributed by atoms with van der Waals surface area (Å²) >= 11 is 0. The van der Waals surface area contributed by atoms with Crippen LogP contribution in [0.3, 0.4) is 0 Å². The van der Waals surface area contributed by atoms with Crippen molar-refractivity contribution < 1.29 is 9.53 Å². The third-order valence-corrected chi connectivity index (χ3v) is 4.90. The highest BCUT2D eigenvalue weighted by Crippen LogP contribution is 2.28. The van der Waals surface area contributed by atoms with E-state index in [2.05, 4.69) is 10.2 Å². The van der Waals surface area contributed by atoms with Crippen LogP contribution in [0.2, 0.25) is 0 Å². The molecule has 0 bridgehead atoms. The van der Waals surface area contributed by atoms with Crippen LogP contribution in [-0.2, 0) is 4.79 Å². The molecule has 2 aromatic carbocycles. The summed E-state index contributed by atoms with van der Waals surface area (Å²) in [6.45, 7) is 4.84. The van der Waals surface area contributed by atoms with Crippen molar-refractivity contribution in [1.29, 1.82) is 0 Å². The van der Waals surface area contributed by atoms with Crippen molar-refractivity contribution in [1.82, 2.24) is 10.2 Å². The van der Waals surface area contributed by atoms with E-state index in [9.17, 15) is 4.79 Å². The maximum absolute atomic E-state index is 12.5. The molecule has 1 N–H and O–H groups in total. The van der Waals surface area contributed by atoms with Crippen molar-refractivity contribution in [2.45, 2.75) is 12.5 Å². The number of amides is 1. The van der Waals surface area contributed by atoms with Gasteiger partial charge in [0.15, 0.2) is 0 Å². The van der Waals surface area contributed by atoms with Gasteiger partial charge in [-0.2, -0.15) is 0 Å². The van der Waals surface area contributed by atoms with Crippen LogP contribution in [0.15, 0.2) is 54.6 Å². The molecule has 2 aliphatic heterocycles. The molecule has 2 saturated heterocycles. The van der Waals surface area contributed by atoms with E-state index < -0.39 is 0 Å². The quantitative estimate of drug-likeness (QED) is 0.931. The molecule has 0 aromatic heterocycles. The number of piperazine rings is 1. The summed E-state index contributed by atoms with van der Waals surface area (Å²) in [6.07, 6.45) is 0.613. The van der Waals surface area contributed by atoms with E-state index in [1.807, 2.05) is 59.5 Å². The average Bonchev–Trinajstić information content (AvgIpc) is 3.06. The van der Waals surface area contributed by atoms with Crippen LogP contribution in [0.4, 0.5) is 5.69 Å². The van der Waals surface area contributed by atoms with E-state index >= 15 is 0 Å². The zero-order valence-corrected chi connectivity index (χ0v) is 14.2. The van der Waals surface area contributed by atoms with Crippen LogP contribution in [-0.4, -0.2) is 49.6 Å². The van der Waals surface area contributed by atoms with Crippen molar-refractivity contribution in [2.75, 3.05) is 37.6 Å². The minimum Gasteiger partial charge on any atom is -0.457 e. The number of carbonyl (C=O) groups is 1. The van der Waals surface area contributed by atoms with Crippen LogP contribution in [0.5, 0.6) is 11.5 Å². The smallest absolute Gasteiger partial charge is 0.228 e.